The summed E-state index contributed by atoms with van der Waals surface area (Å²) in [6, 6.07) is 0. The Morgan fingerprint density at radius 3 is 2.69 bits per heavy atom. The van der Waals surface area contributed by atoms with Crippen LogP contribution in [0, 0.1) is 17.8 Å². The molecule has 0 spiro atoms. The monoisotopic (exact) mass is 224 g/mol. The number of methoxy groups -OCH3 is 1. The Balaban J connectivity index is 2.91. The van der Waals surface area contributed by atoms with E-state index in [0.717, 1.165) is 12.0 Å². The van der Waals surface area contributed by atoms with Crippen LogP contribution in [-0.2, 0) is 14.3 Å². The lowest BCUT2D eigenvalue weighted by molar-refractivity contribution is -0.146. The molecular weight excluding hydrogens is 204 g/mol. The smallest absolute Gasteiger partial charge is 0.313 e. The third-order valence-corrected chi connectivity index (χ3v) is 3.04. The molecule has 0 aromatic heterocycles. The van der Waals surface area contributed by atoms with Gasteiger partial charge >= 0.3 is 5.97 Å². The van der Waals surface area contributed by atoms with E-state index in [1.807, 2.05) is 6.92 Å². The molecule has 0 unspecified atom stereocenters. The summed E-state index contributed by atoms with van der Waals surface area (Å²) in [5.41, 5.74) is 0.841. The van der Waals surface area contributed by atoms with E-state index in [0.29, 0.717) is 12.3 Å². The Labute approximate surface area is 96.9 Å². The van der Waals surface area contributed by atoms with Crippen LogP contribution in [0.1, 0.15) is 33.6 Å². The minimum absolute atomic E-state index is 0.102. The van der Waals surface area contributed by atoms with Crippen molar-refractivity contribution < 1.29 is 14.3 Å². The first-order valence-corrected chi connectivity index (χ1v) is 5.74. The topological polar surface area (TPSA) is 43.4 Å². The number of allylic oxidation sites excluding steroid dienone is 1. The summed E-state index contributed by atoms with van der Waals surface area (Å²) in [7, 11) is 1.40. The zero-order valence-electron chi connectivity index (χ0n) is 10.4. The van der Waals surface area contributed by atoms with E-state index in [1.165, 1.54) is 7.11 Å². The van der Waals surface area contributed by atoms with Crippen molar-refractivity contribution >= 4 is 11.8 Å². The molecule has 1 aliphatic carbocycles. The molecule has 0 aliphatic heterocycles. The highest BCUT2D eigenvalue weighted by molar-refractivity contribution is 5.94. The maximum absolute atomic E-state index is 11.7. The van der Waals surface area contributed by atoms with Gasteiger partial charge < -0.3 is 4.74 Å². The highest BCUT2D eigenvalue weighted by Crippen LogP contribution is 2.34. The van der Waals surface area contributed by atoms with Gasteiger partial charge in [0.15, 0.2) is 5.78 Å². The van der Waals surface area contributed by atoms with Crippen LogP contribution in [0.25, 0.3) is 0 Å². The standard InChI is InChI=1S/C13H20O3/c1-8(2)5-10-7-11(14)6-9(3)12(10)13(15)16-4/h6,8,10,12H,5,7H2,1-4H3/t10-,12+/m1/s1. The molecule has 0 aromatic rings. The molecule has 0 N–H and O–H groups in total. The first kappa shape index (κ1) is 12.9. The number of rotatable bonds is 3. The second-order valence-corrected chi connectivity index (χ2v) is 4.95. The van der Waals surface area contributed by atoms with E-state index in [-0.39, 0.29) is 23.6 Å². The van der Waals surface area contributed by atoms with Gasteiger partial charge in [-0.25, -0.2) is 0 Å². The predicted octanol–water partition coefficient (Wildman–Crippen LogP) is 2.36. The van der Waals surface area contributed by atoms with E-state index >= 15 is 0 Å². The molecule has 0 radical (unpaired) electrons. The number of ketones is 1. The Hall–Kier alpha value is -1.12. The van der Waals surface area contributed by atoms with Gasteiger partial charge in [0.2, 0.25) is 0 Å². The molecule has 2 atom stereocenters. The molecule has 3 nitrogen and oxygen atoms in total. The van der Waals surface area contributed by atoms with Gasteiger partial charge in [-0.15, -0.1) is 0 Å². The van der Waals surface area contributed by atoms with Crippen LogP contribution in [0.4, 0.5) is 0 Å². The fourth-order valence-corrected chi connectivity index (χ4v) is 2.48. The molecule has 0 aromatic carbocycles. The van der Waals surface area contributed by atoms with Gasteiger partial charge in [-0.05, 0) is 31.3 Å². The summed E-state index contributed by atoms with van der Waals surface area (Å²) in [6.07, 6.45) is 2.93. The number of hydrogen-bond acceptors (Lipinski definition) is 3. The number of esters is 1. The number of ether oxygens (including phenoxy) is 1. The van der Waals surface area contributed by atoms with E-state index < -0.39 is 0 Å². The fraction of sp³-hybridized carbons (Fsp3) is 0.692. The van der Waals surface area contributed by atoms with Crippen molar-refractivity contribution in [2.45, 2.75) is 33.6 Å². The maximum atomic E-state index is 11.7. The van der Waals surface area contributed by atoms with Crippen molar-refractivity contribution in [1.82, 2.24) is 0 Å². The zero-order valence-corrected chi connectivity index (χ0v) is 10.4. The van der Waals surface area contributed by atoms with E-state index in [4.69, 9.17) is 4.74 Å². The maximum Gasteiger partial charge on any atom is 0.313 e. The van der Waals surface area contributed by atoms with Gasteiger partial charge in [0.05, 0.1) is 13.0 Å². The minimum Gasteiger partial charge on any atom is -0.469 e. The summed E-state index contributed by atoms with van der Waals surface area (Å²) in [5.74, 6) is 0.265. The molecule has 1 rings (SSSR count). The normalized spacial score (nSPS) is 25.6. The van der Waals surface area contributed by atoms with Crippen molar-refractivity contribution in [3.8, 4) is 0 Å². The molecule has 90 valence electrons. The molecule has 3 heteroatoms. The first-order valence-electron chi connectivity index (χ1n) is 5.74. The summed E-state index contributed by atoms with van der Waals surface area (Å²) in [4.78, 5) is 23.2. The van der Waals surface area contributed by atoms with Gasteiger partial charge in [0, 0.05) is 6.42 Å². The number of hydrogen-bond donors (Lipinski definition) is 0. The third kappa shape index (κ3) is 2.94. The SMILES string of the molecule is COC(=O)[C@H]1C(C)=CC(=O)C[C@H]1CC(C)C. The zero-order chi connectivity index (χ0) is 12.3. The highest BCUT2D eigenvalue weighted by Gasteiger charge is 2.35. The second-order valence-electron chi connectivity index (χ2n) is 4.95. The van der Waals surface area contributed by atoms with Crippen LogP contribution >= 0.6 is 0 Å². The third-order valence-electron chi connectivity index (χ3n) is 3.04. The number of carbonyl (C=O) groups excluding carboxylic acids is 2. The molecule has 1 aliphatic rings. The van der Waals surface area contributed by atoms with Gasteiger partial charge in [0.1, 0.15) is 0 Å². The van der Waals surface area contributed by atoms with Crippen molar-refractivity contribution in [3.05, 3.63) is 11.6 Å². The van der Waals surface area contributed by atoms with Gasteiger partial charge in [-0.3, -0.25) is 9.59 Å². The summed E-state index contributed by atoms with van der Waals surface area (Å²) in [5, 5.41) is 0. The van der Waals surface area contributed by atoms with Crippen molar-refractivity contribution in [3.63, 3.8) is 0 Å². The quantitative estimate of drug-likeness (QED) is 0.691. The molecule has 0 fully saturated rings. The van der Waals surface area contributed by atoms with E-state index in [9.17, 15) is 9.59 Å². The predicted molar refractivity (Wildman–Crippen MR) is 61.8 cm³/mol. The molecule has 0 bridgehead atoms. The lowest BCUT2D eigenvalue weighted by Gasteiger charge is -2.29. The lowest BCUT2D eigenvalue weighted by atomic mass is 9.75. The van der Waals surface area contributed by atoms with Crippen molar-refractivity contribution in [2.75, 3.05) is 7.11 Å². The van der Waals surface area contributed by atoms with E-state index in [2.05, 4.69) is 13.8 Å². The number of carbonyl (C=O) groups is 2. The summed E-state index contributed by atoms with van der Waals surface area (Å²) >= 11 is 0. The molecule has 16 heavy (non-hydrogen) atoms. The molecule has 0 heterocycles. The van der Waals surface area contributed by atoms with Gasteiger partial charge in [-0.1, -0.05) is 19.4 Å². The Kier molecular flexibility index (Phi) is 4.27. The second kappa shape index (κ2) is 5.28. The minimum atomic E-state index is -0.231. The van der Waals surface area contributed by atoms with Crippen molar-refractivity contribution in [1.29, 1.82) is 0 Å². The van der Waals surface area contributed by atoms with Crippen LogP contribution < -0.4 is 0 Å². The molecule has 0 saturated heterocycles. The highest BCUT2D eigenvalue weighted by atomic mass is 16.5. The van der Waals surface area contributed by atoms with Crippen LogP contribution in [0.3, 0.4) is 0 Å². The molecule has 0 amide bonds. The van der Waals surface area contributed by atoms with Crippen LogP contribution in [0.15, 0.2) is 11.6 Å². The van der Waals surface area contributed by atoms with Crippen LogP contribution in [0.2, 0.25) is 0 Å². The first-order chi connectivity index (χ1) is 7.45. The molecule has 0 saturated carbocycles. The van der Waals surface area contributed by atoms with Crippen LogP contribution in [0.5, 0.6) is 0 Å². The van der Waals surface area contributed by atoms with Crippen LogP contribution in [-0.4, -0.2) is 18.9 Å². The lowest BCUT2D eigenvalue weighted by Crippen LogP contribution is -2.32. The summed E-state index contributed by atoms with van der Waals surface area (Å²) in [6.45, 7) is 6.05. The van der Waals surface area contributed by atoms with Crippen molar-refractivity contribution in [2.24, 2.45) is 17.8 Å². The Bertz CT molecular complexity index is 315. The Morgan fingerprint density at radius 1 is 1.56 bits per heavy atom. The van der Waals surface area contributed by atoms with Gasteiger partial charge in [-0.2, -0.15) is 0 Å². The Morgan fingerprint density at radius 2 is 2.19 bits per heavy atom. The summed E-state index contributed by atoms with van der Waals surface area (Å²) < 4.78 is 4.82. The molecular formula is C13H20O3. The van der Waals surface area contributed by atoms with E-state index in [1.54, 1.807) is 6.08 Å². The largest absolute Gasteiger partial charge is 0.469 e. The van der Waals surface area contributed by atoms with Gasteiger partial charge in [0.25, 0.3) is 0 Å². The fourth-order valence-electron chi connectivity index (χ4n) is 2.48. The average Bonchev–Trinajstić information content (AvgIpc) is 2.14. The average molecular weight is 224 g/mol.